The average molecular weight is 271 g/mol. The Bertz CT molecular complexity index is 350. The number of rotatable bonds is 3. The van der Waals surface area contributed by atoms with Gasteiger partial charge in [0.05, 0.1) is 15.8 Å². The Labute approximate surface area is 98.3 Å². The van der Waals surface area contributed by atoms with Gasteiger partial charge in [-0.25, -0.2) is 0 Å². The summed E-state index contributed by atoms with van der Waals surface area (Å²) >= 11 is 3.46. The van der Waals surface area contributed by atoms with Crippen LogP contribution in [0.2, 0.25) is 0 Å². The van der Waals surface area contributed by atoms with Crippen molar-refractivity contribution in [1.82, 2.24) is 4.98 Å². The van der Waals surface area contributed by atoms with E-state index in [1.165, 1.54) is 0 Å². The molecule has 1 aromatic heterocycles. The highest BCUT2D eigenvalue weighted by atomic mass is 79.9. The molecular weight excluding hydrogens is 256 g/mol. The first kappa shape index (κ1) is 10.9. The van der Waals surface area contributed by atoms with Crippen LogP contribution < -0.4 is 4.90 Å². The molecule has 4 heteroatoms. The molecule has 0 saturated carbocycles. The molecule has 0 bridgehead atoms. The standard InChI is InChI=1S/C11H15BrN2O/c1-2-4-11(15)7-14(8-11)10-3-5-13-6-9(10)12/h3,5-6,15H,2,4,7-8H2,1H3. The molecule has 2 rings (SSSR count). The Balaban J connectivity index is 2.03. The van der Waals surface area contributed by atoms with Gasteiger partial charge in [-0.1, -0.05) is 13.3 Å². The van der Waals surface area contributed by atoms with Crippen molar-refractivity contribution in [3.05, 3.63) is 22.9 Å². The highest BCUT2D eigenvalue weighted by Crippen LogP contribution is 2.34. The number of aliphatic hydroxyl groups is 1. The third-order valence-corrected chi connectivity index (χ3v) is 3.39. The highest BCUT2D eigenvalue weighted by Gasteiger charge is 2.40. The Morgan fingerprint density at radius 2 is 2.33 bits per heavy atom. The quantitative estimate of drug-likeness (QED) is 0.915. The fourth-order valence-electron chi connectivity index (χ4n) is 2.08. The van der Waals surface area contributed by atoms with Crippen molar-refractivity contribution in [2.45, 2.75) is 25.4 Å². The zero-order valence-corrected chi connectivity index (χ0v) is 10.4. The SMILES string of the molecule is CCCC1(O)CN(c2ccncc2Br)C1. The molecule has 1 fully saturated rings. The van der Waals surface area contributed by atoms with Crippen LogP contribution in [0.15, 0.2) is 22.9 Å². The lowest BCUT2D eigenvalue weighted by Gasteiger charge is -2.48. The molecule has 1 N–H and O–H groups in total. The smallest absolute Gasteiger partial charge is 0.0995 e. The van der Waals surface area contributed by atoms with E-state index in [0.29, 0.717) is 0 Å². The zero-order chi connectivity index (χ0) is 10.9. The lowest BCUT2D eigenvalue weighted by molar-refractivity contribution is 0.00332. The second kappa shape index (κ2) is 4.10. The van der Waals surface area contributed by atoms with Gasteiger partial charge in [0.2, 0.25) is 0 Å². The van der Waals surface area contributed by atoms with E-state index < -0.39 is 5.60 Å². The second-order valence-electron chi connectivity index (χ2n) is 4.16. The number of hydrogen-bond donors (Lipinski definition) is 1. The Kier molecular flexibility index (Phi) is 2.98. The van der Waals surface area contributed by atoms with E-state index in [4.69, 9.17) is 0 Å². The van der Waals surface area contributed by atoms with E-state index in [1.54, 1.807) is 12.4 Å². The Hall–Kier alpha value is -0.610. The minimum Gasteiger partial charge on any atom is -0.386 e. The van der Waals surface area contributed by atoms with Crippen molar-refractivity contribution >= 4 is 21.6 Å². The van der Waals surface area contributed by atoms with Gasteiger partial charge in [0.25, 0.3) is 0 Å². The molecule has 0 atom stereocenters. The summed E-state index contributed by atoms with van der Waals surface area (Å²) in [6.45, 7) is 3.55. The van der Waals surface area contributed by atoms with E-state index in [2.05, 4.69) is 32.7 Å². The molecule has 0 unspecified atom stereocenters. The van der Waals surface area contributed by atoms with Crippen molar-refractivity contribution in [2.24, 2.45) is 0 Å². The number of β-amino-alcohol motifs (C(OH)–C–C–N with tert-alkyl or cyclic N) is 1. The number of pyridine rings is 1. The van der Waals surface area contributed by atoms with Crippen LogP contribution in [0.3, 0.4) is 0 Å². The van der Waals surface area contributed by atoms with E-state index in [1.807, 2.05) is 6.07 Å². The van der Waals surface area contributed by atoms with Crippen molar-refractivity contribution in [1.29, 1.82) is 0 Å². The molecule has 1 saturated heterocycles. The number of hydrogen-bond acceptors (Lipinski definition) is 3. The summed E-state index contributed by atoms with van der Waals surface area (Å²) < 4.78 is 0.989. The predicted molar refractivity (Wildman–Crippen MR) is 64.0 cm³/mol. The first-order valence-electron chi connectivity index (χ1n) is 5.21. The summed E-state index contributed by atoms with van der Waals surface area (Å²) in [5, 5.41) is 10.1. The fraction of sp³-hybridized carbons (Fsp3) is 0.545. The van der Waals surface area contributed by atoms with Crippen LogP contribution in [0, 0.1) is 0 Å². The maximum atomic E-state index is 10.1. The molecular formula is C11H15BrN2O. The van der Waals surface area contributed by atoms with Crippen LogP contribution in [-0.4, -0.2) is 28.8 Å². The van der Waals surface area contributed by atoms with Gasteiger partial charge >= 0.3 is 0 Å². The number of nitrogens with zero attached hydrogens (tertiary/aromatic N) is 2. The number of aromatic nitrogens is 1. The number of halogens is 1. The second-order valence-corrected chi connectivity index (χ2v) is 5.01. The molecule has 1 aliphatic rings. The summed E-state index contributed by atoms with van der Waals surface area (Å²) in [6, 6.07) is 1.97. The van der Waals surface area contributed by atoms with E-state index in [-0.39, 0.29) is 0 Å². The van der Waals surface area contributed by atoms with Crippen molar-refractivity contribution < 1.29 is 5.11 Å². The van der Waals surface area contributed by atoms with Crippen molar-refractivity contribution in [3.63, 3.8) is 0 Å². The molecule has 1 aliphatic heterocycles. The van der Waals surface area contributed by atoms with Gasteiger partial charge in [0.15, 0.2) is 0 Å². The first-order chi connectivity index (χ1) is 7.14. The molecule has 1 aromatic rings. The molecule has 3 nitrogen and oxygen atoms in total. The molecule has 82 valence electrons. The van der Waals surface area contributed by atoms with Crippen LogP contribution in [0.5, 0.6) is 0 Å². The Morgan fingerprint density at radius 3 is 2.93 bits per heavy atom. The van der Waals surface area contributed by atoms with Gasteiger partial charge in [-0.2, -0.15) is 0 Å². The predicted octanol–water partition coefficient (Wildman–Crippen LogP) is 2.20. The van der Waals surface area contributed by atoms with E-state index >= 15 is 0 Å². The normalized spacial score (nSPS) is 18.7. The van der Waals surface area contributed by atoms with Gasteiger partial charge in [-0.15, -0.1) is 0 Å². The van der Waals surface area contributed by atoms with Crippen LogP contribution in [0.1, 0.15) is 19.8 Å². The summed E-state index contributed by atoms with van der Waals surface area (Å²) in [5.74, 6) is 0. The lowest BCUT2D eigenvalue weighted by Crippen LogP contribution is -2.62. The molecule has 2 heterocycles. The minimum absolute atomic E-state index is 0.475. The summed E-state index contributed by atoms with van der Waals surface area (Å²) in [6.07, 6.45) is 5.47. The zero-order valence-electron chi connectivity index (χ0n) is 8.78. The van der Waals surface area contributed by atoms with Crippen LogP contribution in [0.25, 0.3) is 0 Å². The highest BCUT2D eigenvalue weighted by molar-refractivity contribution is 9.10. The molecule has 0 radical (unpaired) electrons. The summed E-state index contributed by atoms with van der Waals surface area (Å²) in [5.41, 5.74) is 0.642. The summed E-state index contributed by atoms with van der Waals surface area (Å²) in [4.78, 5) is 6.19. The maximum absolute atomic E-state index is 10.1. The molecule has 0 aliphatic carbocycles. The van der Waals surface area contributed by atoms with Crippen molar-refractivity contribution in [2.75, 3.05) is 18.0 Å². The van der Waals surface area contributed by atoms with Gasteiger partial charge in [0.1, 0.15) is 0 Å². The monoisotopic (exact) mass is 270 g/mol. The Morgan fingerprint density at radius 1 is 1.60 bits per heavy atom. The third kappa shape index (κ3) is 2.16. The lowest BCUT2D eigenvalue weighted by atomic mass is 9.89. The molecule has 0 spiro atoms. The van der Waals surface area contributed by atoms with Crippen molar-refractivity contribution in [3.8, 4) is 0 Å². The topological polar surface area (TPSA) is 36.4 Å². The minimum atomic E-state index is -0.475. The van der Waals surface area contributed by atoms with Crippen LogP contribution in [0.4, 0.5) is 5.69 Å². The largest absolute Gasteiger partial charge is 0.386 e. The molecule has 0 amide bonds. The van der Waals surface area contributed by atoms with Gasteiger partial charge < -0.3 is 10.0 Å². The summed E-state index contributed by atoms with van der Waals surface area (Å²) in [7, 11) is 0. The third-order valence-electron chi connectivity index (χ3n) is 2.78. The molecule has 15 heavy (non-hydrogen) atoms. The maximum Gasteiger partial charge on any atom is 0.0995 e. The van der Waals surface area contributed by atoms with Gasteiger partial charge in [0, 0.05) is 25.5 Å². The van der Waals surface area contributed by atoms with Crippen LogP contribution in [-0.2, 0) is 0 Å². The fourth-order valence-corrected chi connectivity index (χ4v) is 2.58. The van der Waals surface area contributed by atoms with E-state index in [0.717, 1.165) is 36.1 Å². The van der Waals surface area contributed by atoms with Gasteiger partial charge in [-0.05, 0) is 28.4 Å². The molecule has 0 aromatic carbocycles. The number of anilines is 1. The van der Waals surface area contributed by atoms with Gasteiger partial charge in [-0.3, -0.25) is 4.98 Å². The van der Waals surface area contributed by atoms with Crippen LogP contribution >= 0.6 is 15.9 Å². The average Bonchev–Trinajstić information content (AvgIpc) is 2.15. The van der Waals surface area contributed by atoms with E-state index in [9.17, 15) is 5.11 Å². The first-order valence-corrected chi connectivity index (χ1v) is 6.01.